The Kier molecular flexibility index (Phi) is 5.69. The summed E-state index contributed by atoms with van der Waals surface area (Å²) in [6.07, 6.45) is 10.4. The molecule has 39 heavy (non-hydrogen) atoms. The van der Waals surface area contributed by atoms with Crippen molar-refractivity contribution in [2.75, 3.05) is 19.6 Å². The molecule has 0 radical (unpaired) electrons. The van der Waals surface area contributed by atoms with E-state index < -0.39 is 10.0 Å². The summed E-state index contributed by atoms with van der Waals surface area (Å²) in [5.74, 6) is 0.903. The zero-order valence-electron chi connectivity index (χ0n) is 21.5. The lowest BCUT2D eigenvalue weighted by Crippen LogP contribution is -2.35. The number of sulfonamides is 1. The number of fused-ring (bicyclic) bond motifs is 2. The van der Waals surface area contributed by atoms with Crippen LogP contribution in [-0.4, -0.2) is 53.2 Å². The summed E-state index contributed by atoms with van der Waals surface area (Å²) >= 11 is 0. The van der Waals surface area contributed by atoms with E-state index in [1.165, 1.54) is 25.9 Å². The molecule has 3 heterocycles. The van der Waals surface area contributed by atoms with Gasteiger partial charge in [0.2, 0.25) is 10.0 Å². The minimum atomic E-state index is -3.86. The molecule has 2 N–H and O–H groups in total. The van der Waals surface area contributed by atoms with Crippen molar-refractivity contribution < 1.29 is 13.2 Å². The molecule has 9 heteroatoms. The van der Waals surface area contributed by atoms with Gasteiger partial charge in [-0.15, -0.1) is 0 Å². The van der Waals surface area contributed by atoms with Crippen LogP contribution in [0.5, 0.6) is 5.75 Å². The first-order valence-electron chi connectivity index (χ1n) is 13.3. The molecule has 1 saturated heterocycles. The van der Waals surface area contributed by atoms with Gasteiger partial charge in [0.1, 0.15) is 11.4 Å². The third-order valence-corrected chi connectivity index (χ3v) is 8.85. The predicted molar refractivity (Wildman–Crippen MR) is 151 cm³/mol. The number of nitrogens with zero attached hydrogens (tertiary/aromatic N) is 4. The molecule has 7 rings (SSSR count). The standard InChI is InChI=1S/C30H29N5O3S/c31-39(36,37)28-12-11-25(24-5-1-2-6-26(24)28)27-18-33-35-19-22(17-32-29(27)35)21-7-9-23(10-8-21)38-30(13-14-30)20-34-15-3-4-16-34/h1-2,5-12,17-19H,3-4,13-16,20H2,(H2,31,36,37). The Morgan fingerprint density at radius 2 is 1.62 bits per heavy atom. The van der Waals surface area contributed by atoms with Crippen LogP contribution < -0.4 is 9.88 Å². The van der Waals surface area contributed by atoms with Crippen LogP contribution in [-0.2, 0) is 10.0 Å². The van der Waals surface area contributed by atoms with Gasteiger partial charge in [-0.25, -0.2) is 23.1 Å². The normalized spacial score (nSPS) is 17.2. The van der Waals surface area contributed by atoms with Crippen LogP contribution in [0.15, 0.2) is 84.1 Å². The highest BCUT2D eigenvalue weighted by atomic mass is 32.2. The van der Waals surface area contributed by atoms with Gasteiger partial charge in [0.05, 0.1) is 11.1 Å². The summed E-state index contributed by atoms with van der Waals surface area (Å²) in [6.45, 7) is 3.40. The van der Waals surface area contributed by atoms with Gasteiger partial charge in [-0.1, -0.05) is 42.5 Å². The second-order valence-electron chi connectivity index (χ2n) is 10.7. The highest BCUT2D eigenvalue weighted by Gasteiger charge is 2.47. The molecule has 1 saturated carbocycles. The molecular formula is C30H29N5O3S. The van der Waals surface area contributed by atoms with Gasteiger partial charge in [0.15, 0.2) is 5.65 Å². The van der Waals surface area contributed by atoms with E-state index in [-0.39, 0.29) is 10.5 Å². The van der Waals surface area contributed by atoms with E-state index in [0.29, 0.717) is 11.0 Å². The fourth-order valence-electron chi connectivity index (χ4n) is 5.71. The molecule has 198 valence electrons. The number of hydrogen-bond donors (Lipinski definition) is 1. The van der Waals surface area contributed by atoms with Gasteiger partial charge in [-0.2, -0.15) is 5.10 Å². The molecule has 0 unspecified atom stereocenters. The van der Waals surface area contributed by atoms with Crippen LogP contribution in [0.4, 0.5) is 0 Å². The van der Waals surface area contributed by atoms with Crippen LogP contribution in [0.25, 0.3) is 38.7 Å². The van der Waals surface area contributed by atoms with Crippen LogP contribution in [0.3, 0.4) is 0 Å². The van der Waals surface area contributed by atoms with Gasteiger partial charge in [0.25, 0.3) is 0 Å². The second-order valence-corrected chi connectivity index (χ2v) is 12.2. The Balaban J connectivity index is 1.16. The largest absolute Gasteiger partial charge is 0.486 e. The number of rotatable bonds is 7. The zero-order chi connectivity index (χ0) is 26.6. The average molecular weight is 540 g/mol. The van der Waals surface area contributed by atoms with Crippen LogP contribution in [0.2, 0.25) is 0 Å². The number of benzene rings is 3. The molecule has 8 nitrogen and oxygen atoms in total. The number of primary sulfonamides is 1. The van der Waals surface area contributed by atoms with Crippen molar-refractivity contribution in [1.29, 1.82) is 0 Å². The summed E-state index contributed by atoms with van der Waals surface area (Å²) < 4.78 is 32.5. The molecule has 1 aliphatic carbocycles. The van der Waals surface area contributed by atoms with Crippen molar-refractivity contribution in [2.45, 2.75) is 36.2 Å². The minimum Gasteiger partial charge on any atom is -0.486 e. The van der Waals surface area contributed by atoms with Crippen molar-refractivity contribution in [2.24, 2.45) is 5.14 Å². The third kappa shape index (κ3) is 4.56. The lowest BCUT2D eigenvalue weighted by atomic mass is 10.00. The predicted octanol–water partition coefficient (Wildman–Crippen LogP) is 4.87. The summed E-state index contributed by atoms with van der Waals surface area (Å²) in [7, 11) is -3.86. The number of hydrogen-bond acceptors (Lipinski definition) is 6. The van der Waals surface area contributed by atoms with E-state index in [1.54, 1.807) is 35.0 Å². The number of aromatic nitrogens is 3. The quantitative estimate of drug-likeness (QED) is 0.317. The number of likely N-dealkylation sites (tertiary alicyclic amines) is 1. The Morgan fingerprint density at radius 1 is 0.872 bits per heavy atom. The maximum atomic E-state index is 12.1. The van der Waals surface area contributed by atoms with Crippen molar-refractivity contribution in [3.05, 3.63) is 79.3 Å². The second kappa shape index (κ2) is 9.15. The molecule has 3 aromatic carbocycles. The smallest absolute Gasteiger partial charge is 0.238 e. The molecule has 0 spiro atoms. The van der Waals surface area contributed by atoms with E-state index in [0.717, 1.165) is 52.8 Å². The maximum Gasteiger partial charge on any atom is 0.238 e. The van der Waals surface area contributed by atoms with E-state index in [4.69, 9.17) is 14.9 Å². The van der Waals surface area contributed by atoms with Gasteiger partial charge in [0, 0.05) is 35.5 Å². The van der Waals surface area contributed by atoms with E-state index in [2.05, 4.69) is 22.1 Å². The molecule has 2 aromatic heterocycles. The van der Waals surface area contributed by atoms with Crippen LogP contribution in [0, 0.1) is 0 Å². The van der Waals surface area contributed by atoms with Crippen LogP contribution >= 0.6 is 0 Å². The van der Waals surface area contributed by atoms with Gasteiger partial charge in [-0.3, -0.25) is 4.90 Å². The molecule has 2 aliphatic rings. The first kappa shape index (κ1) is 24.3. The van der Waals surface area contributed by atoms with E-state index >= 15 is 0 Å². The lowest BCUT2D eigenvalue weighted by molar-refractivity contribution is 0.126. The number of ether oxygens (including phenoxy) is 1. The molecule has 1 aliphatic heterocycles. The summed E-state index contributed by atoms with van der Waals surface area (Å²) in [5, 5.41) is 11.4. The molecule has 0 amide bonds. The highest BCUT2D eigenvalue weighted by Crippen LogP contribution is 2.42. The van der Waals surface area contributed by atoms with Gasteiger partial charge < -0.3 is 4.74 Å². The Labute approximate surface area is 227 Å². The molecule has 5 aromatic rings. The van der Waals surface area contributed by atoms with Crippen molar-refractivity contribution in [3.63, 3.8) is 0 Å². The minimum absolute atomic E-state index is 0.0193. The zero-order valence-corrected chi connectivity index (χ0v) is 22.3. The van der Waals surface area contributed by atoms with Crippen LogP contribution in [0.1, 0.15) is 25.7 Å². The summed E-state index contributed by atoms with van der Waals surface area (Å²) in [5.41, 5.74) is 4.30. The Hall–Kier alpha value is -3.79. The van der Waals surface area contributed by atoms with Crippen molar-refractivity contribution in [3.8, 4) is 28.0 Å². The summed E-state index contributed by atoms with van der Waals surface area (Å²) in [4.78, 5) is 7.37. The van der Waals surface area contributed by atoms with Crippen molar-refractivity contribution >= 4 is 26.4 Å². The topological polar surface area (TPSA) is 103 Å². The monoisotopic (exact) mass is 539 g/mol. The van der Waals surface area contributed by atoms with E-state index in [1.807, 2.05) is 36.7 Å². The fourth-order valence-corrected chi connectivity index (χ4v) is 6.46. The highest BCUT2D eigenvalue weighted by molar-refractivity contribution is 7.89. The first-order valence-corrected chi connectivity index (χ1v) is 14.8. The fraction of sp³-hybridized carbons (Fsp3) is 0.267. The maximum absolute atomic E-state index is 12.1. The lowest BCUT2D eigenvalue weighted by Gasteiger charge is -2.24. The molecular weight excluding hydrogens is 510 g/mol. The Morgan fingerprint density at radius 3 is 2.33 bits per heavy atom. The molecule has 0 atom stereocenters. The third-order valence-electron chi connectivity index (χ3n) is 7.88. The van der Waals surface area contributed by atoms with Gasteiger partial charge in [-0.05, 0) is 73.5 Å². The van der Waals surface area contributed by atoms with Crippen molar-refractivity contribution in [1.82, 2.24) is 19.5 Å². The summed E-state index contributed by atoms with van der Waals surface area (Å²) in [6, 6.07) is 18.8. The molecule has 0 bridgehead atoms. The Bertz CT molecular complexity index is 1800. The van der Waals surface area contributed by atoms with Gasteiger partial charge >= 0.3 is 0 Å². The number of nitrogens with two attached hydrogens (primary N) is 1. The van der Waals surface area contributed by atoms with E-state index in [9.17, 15) is 8.42 Å². The SMILES string of the molecule is NS(=O)(=O)c1ccc(-c2cnn3cc(-c4ccc(OC5(CN6CCCC6)CC5)cc4)cnc23)c2ccccc12. The first-order chi connectivity index (χ1) is 18.9. The molecule has 2 fully saturated rings. The average Bonchev–Trinajstić information content (AvgIpc) is 3.30.